The maximum Gasteiger partial charge on any atom is 0.135 e. The van der Waals surface area contributed by atoms with Crippen LogP contribution in [0.1, 0.15) is 11.1 Å². The van der Waals surface area contributed by atoms with E-state index in [1.165, 1.54) is 0 Å². The molecule has 0 bridgehead atoms. The standard InChI is InChI=1S/C9H10FN3/c1-6-3-2-4-7(9(6)10)8-5-11-13-12-8/h2-5,11-13H,1H3. The first-order valence-corrected chi connectivity index (χ1v) is 4.01. The highest BCUT2D eigenvalue weighted by Crippen LogP contribution is 2.18. The van der Waals surface area contributed by atoms with E-state index in [0.29, 0.717) is 16.8 Å². The molecule has 0 aromatic heterocycles. The van der Waals surface area contributed by atoms with Gasteiger partial charge in [-0.3, -0.25) is 0 Å². The van der Waals surface area contributed by atoms with Crippen molar-refractivity contribution in [2.24, 2.45) is 0 Å². The highest BCUT2D eigenvalue weighted by atomic mass is 19.1. The Bertz CT molecular complexity index is 360. The average Bonchev–Trinajstić information content (AvgIpc) is 2.62. The molecule has 0 unspecified atom stereocenters. The Balaban J connectivity index is 2.45. The zero-order valence-corrected chi connectivity index (χ0v) is 7.19. The molecule has 0 fully saturated rings. The van der Waals surface area contributed by atoms with Crippen molar-refractivity contribution in [1.29, 1.82) is 0 Å². The number of hydrogen-bond donors (Lipinski definition) is 3. The van der Waals surface area contributed by atoms with E-state index in [1.807, 2.05) is 6.07 Å². The molecule has 0 saturated carbocycles. The van der Waals surface area contributed by atoms with Crippen LogP contribution in [0.15, 0.2) is 24.4 Å². The van der Waals surface area contributed by atoms with Crippen LogP contribution in [-0.2, 0) is 0 Å². The van der Waals surface area contributed by atoms with Crippen LogP contribution in [0.3, 0.4) is 0 Å². The van der Waals surface area contributed by atoms with Crippen molar-refractivity contribution in [3.63, 3.8) is 0 Å². The fourth-order valence-electron chi connectivity index (χ4n) is 1.25. The summed E-state index contributed by atoms with van der Waals surface area (Å²) in [6.45, 7) is 1.75. The second-order valence-electron chi connectivity index (χ2n) is 2.89. The summed E-state index contributed by atoms with van der Waals surface area (Å²) in [5, 5.41) is 0. The minimum absolute atomic E-state index is 0.188. The molecule has 1 aliphatic heterocycles. The van der Waals surface area contributed by atoms with Crippen molar-refractivity contribution in [1.82, 2.24) is 16.4 Å². The first-order valence-electron chi connectivity index (χ1n) is 4.01. The van der Waals surface area contributed by atoms with E-state index in [-0.39, 0.29) is 5.82 Å². The Labute approximate surface area is 75.6 Å². The third-order valence-corrected chi connectivity index (χ3v) is 1.97. The maximum absolute atomic E-state index is 13.5. The van der Waals surface area contributed by atoms with Gasteiger partial charge in [0.15, 0.2) is 0 Å². The van der Waals surface area contributed by atoms with Gasteiger partial charge in [0.05, 0.1) is 5.70 Å². The average molecular weight is 179 g/mol. The van der Waals surface area contributed by atoms with Crippen LogP contribution in [0.25, 0.3) is 5.70 Å². The Kier molecular flexibility index (Phi) is 1.90. The molecule has 0 amide bonds. The first kappa shape index (κ1) is 8.07. The number of nitrogens with one attached hydrogen (secondary N) is 3. The summed E-state index contributed by atoms with van der Waals surface area (Å²) < 4.78 is 13.5. The molecule has 1 heterocycles. The summed E-state index contributed by atoms with van der Waals surface area (Å²) in [6, 6.07) is 5.31. The quantitative estimate of drug-likeness (QED) is 0.603. The molecule has 3 N–H and O–H groups in total. The molecule has 68 valence electrons. The molecule has 3 nitrogen and oxygen atoms in total. The van der Waals surface area contributed by atoms with Gasteiger partial charge in [-0.15, -0.1) is 0 Å². The van der Waals surface area contributed by atoms with Crippen molar-refractivity contribution < 1.29 is 4.39 Å². The molecular weight excluding hydrogens is 169 g/mol. The van der Waals surface area contributed by atoms with Gasteiger partial charge in [-0.1, -0.05) is 12.1 Å². The molecule has 0 aliphatic carbocycles. The Morgan fingerprint density at radius 1 is 1.31 bits per heavy atom. The fourth-order valence-corrected chi connectivity index (χ4v) is 1.25. The van der Waals surface area contributed by atoms with Gasteiger partial charge in [0.1, 0.15) is 5.82 Å². The third kappa shape index (κ3) is 1.36. The molecule has 0 saturated heterocycles. The summed E-state index contributed by atoms with van der Waals surface area (Å²) >= 11 is 0. The Morgan fingerprint density at radius 2 is 2.15 bits per heavy atom. The van der Waals surface area contributed by atoms with E-state index in [9.17, 15) is 4.39 Å². The summed E-state index contributed by atoms with van der Waals surface area (Å²) in [4.78, 5) is 0. The van der Waals surface area contributed by atoms with Crippen molar-refractivity contribution in [2.45, 2.75) is 6.92 Å². The smallest absolute Gasteiger partial charge is 0.135 e. The van der Waals surface area contributed by atoms with Crippen molar-refractivity contribution in [3.8, 4) is 0 Å². The Hall–Kier alpha value is -1.55. The number of rotatable bonds is 1. The van der Waals surface area contributed by atoms with E-state index >= 15 is 0 Å². The topological polar surface area (TPSA) is 36.1 Å². The predicted octanol–water partition coefficient (Wildman–Crippen LogP) is 1.04. The first-order chi connectivity index (χ1) is 6.29. The molecular formula is C9H10FN3. The molecule has 1 aromatic carbocycles. The Morgan fingerprint density at radius 3 is 2.85 bits per heavy atom. The lowest BCUT2D eigenvalue weighted by Gasteiger charge is -2.05. The van der Waals surface area contributed by atoms with Crippen LogP contribution in [0.4, 0.5) is 4.39 Å². The van der Waals surface area contributed by atoms with E-state index < -0.39 is 0 Å². The molecule has 2 rings (SSSR count). The lowest BCUT2D eigenvalue weighted by molar-refractivity contribution is 0.601. The van der Waals surface area contributed by atoms with Gasteiger partial charge in [-0.05, 0) is 18.6 Å². The van der Waals surface area contributed by atoms with Crippen LogP contribution in [-0.4, -0.2) is 0 Å². The largest absolute Gasteiger partial charge is 0.309 e. The van der Waals surface area contributed by atoms with E-state index in [0.717, 1.165) is 0 Å². The van der Waals surface area contributed by atoms with E-state index in [2.05, 4.69) is 16.4 Å². The summed E-state index contributed by atoms with van der Waals surface area (Å²) in [5.41, 5.74) is 10.1. The SMILES string of the molecule is Cc1cccc(C2=CNNN2)c1F. The van der Waals surface area contributed by atoms with Gasteiger partial charge >= 0.3 is 0 Å². The van der Waals surface area contributed by atoms with Crippen LogP contribution in [0.2, 0.25) is 0 Å². The van der Waals surface area contributed by atoms with Gasteiger partial charge in [-0.2, -0.15) is 5.53 Å². The number of hydrogen-bond acceptors (Lipinski definition) is 3. The maximum atomic E-state index is 13.5. The summed E-state index contributed by atoms with van der Waals surface area (Å²) in [7, 11) is 0. The lowest BCUT2D eigenvalue weighted by atomic mass is 10.1. The number of halogens is 1. The molecule has 0 atom stereocenters. The number of hydrazine groups is 2. The molecule has 1 aromatic rings. The lowest BCUT2D eigenvalue weighted by Crippen LogP contribution is -2.31. The van der Waals surface area contributed by atoms with Crippen LogP contribution in [0.5, 0.6) is 0 Å². The van der Waals surface area contributed by atoms with Gasteiger partial charge < -0.3 is 10.9 Å². The normalized spacial score (nSPS) is 14.8. The highest BCUT2D eigenvalue weighted by molar-refractivity contribution is 5.65. The molecule has 0 spiro atoms. The second-order valence-corrected chi connectivity index (χ2v) is 2.89. The third-order valence-electron chi connectivity index (χ3n) is 1.97. The van der Waals surface area contributed by atoms with Crippen LogP contribution < -0.4 is 16.4 Å². The van der Waals surface area contributed by atoms with Gasteiger partial charge in [0.25, 0.3) is 0 Å². The zero-order chi connectivity index (χ0) is 9.26. The fraction of sp³-hybridized carbons (Fsp3) is 0.111. The summed E-state index contributed by atoms with van der Waals surface area (Å²) in [5.74, 6) is -0.188. The number of aryl methyl sites for hydroxylation is 1. The van der Waals surface area contributed by atoms with Crippen molar-refractivity contribution in [2.75, 3.05) is 0 Å². The summed E-state index contributed by atoms with van der Waals surface area (Å²) in [6.07, 6.45) is 1.68. The van der Waals surface area contributed by atoms with E-state index in [4.69, 9.17) is 0 Å². The molecule has 4 heteroatoms. The molecule has 0 radical (unpaired) electrons. The van der Waals surface area contributed by atoms with Crippen molar-refractivity contribution in [3.05, 3.63) is 41.3 Å². The van der Waals surface area contributed by atoms with Gasteiger partial charge in [-0.25, -0.2) is 4.39 Å². The van der Waals surface area contributed by atoms with Gasteiger partial charge in [0.2, 0.25) is 0 Å². The van der Waals surface area contributed by atoms with Crippen LogP contribution in [0, 0.1) is 12.7 Å². The molecule has 13 heavy (non-hydrogen) atoms. The zero-order valence-electron chi connectivity index (χ0n) is 7.19. The van der Waals surface area contributed by atoms with Gasteiger partial charge in [0, 0.05) is 11.8 Å². The predicted molar refractivity (Wildman–Crippen MR) is 48.5 cm³/mol. The molecule has 1 aliphatic rings. The van der Waals surface area contributed by atoms with E-state index in [1.54, 1.807) is 25.3 Å². The number of benzene rings is 1. The minimum atomic E-state index is -0.188. The monoisotopic (exact) mass is 179 g/mol. The van der Waals surface area contributed by atoms with Crippen LogP contribution >= 0.6 is 0 Å². The minimum Gasteiger partial charge on any atom is -0.309 e. The highest BCUT2D eigenvalue weighted by Gasteiger charge is 2.11. The van der Waals surface area contributed by atoms with Crippen molar-refractivity contribution >= 4 is 5.70 Å². The second kappa shape index (κ2) is 3.06.